The third kappa shape index (κ3) is 63.9. The summed E-state index contributed by atoms with van der Waals surface area (Å²) in [5.41, 5.74) is 0. The van der Waals surface area contributed by atoms with Gasteiger partial charge >= 0.3 is 5.97 Å². The number of amides is 1. The van der Waals surface area contributed by atoms with Crippen molar-refractivity contribution in [3.63, 3.8) is 0 Å². The van der Waals surface area contributed by atoms with E-state index in [1.54, 1.807) is 0 Å². The van der Waals surface area contributed by atoms with E-state index in [4.69, 9.17) is 4.74 Å². The Kier molecular flexibility index (Phi) is 66.4. The highest BCUT2D eigenvalue weighted by molar-refractivity contribution is 5.76. The van der Waals surface area contributed by atoms with Crippen LogP contribution in [0.15, 0.2) is 0 Å². The molecule has 0 spiro atoms. The molecule has 0 aromatic carbocycles. The Hall–Kier alpha value is -1.14. The zero-order chi connectivity index (χ0) is 55.7. The smallest absolute Gasteiger partial charge is 0.305 e. The van der Waals surface area contributed by atoms with Gasteiger partial charge in [-0.25, -0.2) is 0 Å². The predicted octanol–water partition coefficient (Wildman–Crippen LogP) is 23.0. The first-order chi connectivity index (χ1) is 38.0. The number of rotatable bonds is 68. The summed E-state index contributed by atoms with van der Waals surface area (Å²) >= 11 is 0. The summed E-state index contributed by atoms with van der Waals surface area (Å²) in [5, 5.41) is 23.3. The Bertz CT molecular complexity index is 1120. The molecule has 0 aliphatic heterocycles. The molecule has 1 amide bonds. The highest BCUT2D eigenvalue weighted by Gasteiger charge is 2.20. The summed E-state index contributed by atoms with van der Waals surface area (Å²) in [6.45, 7) is 4.99. The highest BCUT2D eigenvalue weighted by Crippen LogP contribution is 2.20. The maximum atomic E-state index is 12.5. The minimum atomic E-state index is -0.658. The number of aliphatic hydroxyl groups is 2. The molecule has 77 heavy (non-hydrogen) atoms. The van der Waals surface area contributed by atoms with Crippen molar-refractivity contribution in [3.05, 3.63) is 0 Å². The number of unbranched alkanes of at least 4 members (excludes halogenated alkanes) is 57. The molecule has 0 saturated carbocycles. The lowest BCUT2D eigenvalue weighted by atomic mass is 10.0. The molecular weight excluding hydrogens is 947 g/mol. The molecule has 0 aromatic rings. The summed E-state index contributed by atoms with van der Waals surface area (Å²) < 4.78 is 5.49. The number of aliphatic hydroxyl groups excluding tert-OH is 2. The lowest BCUT2D eigenvalue weighted by Gasteiger charge is -2.22. The summed E-state index contributed by atoms with van der Waals surface area (Å²) in [6, 6.07) is -0.535. The number of carbonyl (C=O) groups excluding carboxylic acids is 2. The number of carbonyl (C=O) groups is 2. The molecule has 0 saturated heterocycles. The minimum Gasteiger partial charge on any atom is -0.466 e. The number of hydrogen-bond donors (Lipinski definition) is 3. The van der Waals surface area contributed by atoms with Gasteiger partial charge in [0.05, 0.1) is 25.4 Å². The van der Waals surface area contributed by atoms with Gasteiger partial charge in [-0.2, -0.15) is 0 Å². The molecule has 6 heteroatoms. The Morgan fingerprint density at radius 3 is 0.792 bits per heavy atom. The summed E-state index contributed by atoms with van der Waals surface area (Å²) in [6.07, 6.45) is 81.8. The standard InChI is InChI=1S/C71H141NO5/c1-3-5-7-9-11-13-15-40-45-49-53-57-61-65-71(76)77-66-62-58-54-50-46-42-39-37-35-33-31-29-27-25-23-21-19-17-18-20-22-24-26-28-30-32-34-36-38-41-44-48-52-56-60-64-70(75)72-68(67-73)69(74)63-59-55-51-47-43-16-14-12-10-8-6-4-2/h68-69,73-74H,3-67H2,1-2H3,(H,72,75). The van der Waals surface area contributed by atoms with Crippen LogP contribution in [0.3, 0.4) is 0 Å². The van der Waals surface area contributed by atoms with Crippen LogP contribution in [0, 0.1) is 0 Å². The maximum absolute atomic E-state index is 12.5. The summed E-state index contributed by atoms with van der Waals surface area (Å²) in [5.74, 6) is -0.00218. The molecule has 0 aromatic heterocycles. The van der Waals surface area contributed by atoms with Crippen LogP contribution in [0.4, 0.5) is 0 Å². The van der Waals surface area contributed by atoms with Crippen LogP contribution in [-0.2, 0) is 14.3 Å². The molecule has 460 valence electrons. The monoisotopic (exact) mass is 1090 g/mol. The van der Waals surface area contributed by atoms with Crippen LogP contribution >= 0.6 is 0 Å². The lowest BCUT2D eigenvalue weighted by molar-refractivity contribution is -0.143. The van der Waals surface area contributed by atoms with Gasteiger partial charge in [-0.1, -0.05) is 380 Å². The highest BCUT2D eigenvalue weighted by atomic mass is 16.5. The van der Waals surface area contributed by atoms with Crippen LogP contribution in [-0.4, -0.2) is 47.4 Å². The fourth-order valence-electron chi connectivity index (χ4n) is 11.7. The van der Waals surface area contributed by atoms with Gasteiger partial charge < -0.3 is 20.3 Å². The molecule has 2 unspecified atom stereocenters. The summed E-state index contributed by atoms with van der Waals surface area (Å²) in [7, 11) is 0. The Morgan fingerprint density at radius 1 is 0.312 bits per heavy atom. The van der Waals surface area contributed by atoms with E-state index in [0.717, 1.165) is 38.5 Å². The van der Waals surface area contributed by atoms with Crippen LogP contribution in [0.5, 0.6) is 0 Å². The molecule has 3 N–H and O–H groups in total. The average Bonchev–Trinajstić information content (AvgIpc) is 3.43. The van der Waals surface area contributed by atoms with Crippen molar-refractivity contribution in [2.75, 3.05) is 13.2 Å². The SMILES string of the molecule is CCCCCCCCCCCCCCCC(=O)OCCCCCCCCCCCCCCCCCCCCCCCCCCCCCCCCCCCCCC(=O)NC(CO)C(O)CCCCCCCCCCCCCC. The fourth-order valence-corrected chi connectivity index (χ4v) is 11.7. The van der Waals surface area contributed by atoms with Gasteiger partial charge in [-0.05, 0) is 25.7 Å². The van der Waals surface area contributed by atoms with E-state index >= 15 is 0 Å². The fraction of sp³-hybridized carbons (Fsp3) is 0.972. The topological polar surface area (TPSA) is 95.9 Å². The van der Waals surface area contributed by atoms with E-state index in [0.29, 0.717) is 25.9 Å². The molecule has 2 atom stereocenters. The van der Waals surface area contributed by atoms with Gasteiger partial charge in [0.1, 0.15) is 0 Å². The molecular formula is C71H141NO5. The van der Waals surface area contributed by atoms with E-state index < -0.39 is 12.1 Å². The average molecular weight is 1090 g/mol. The van der Waals surface area contributed by atoms with Gasteiger partial charge in [-0.3, -0.25) is 9.59 Å². The summed E-state index contributed by atoms with van der Waals surface area (Å²) in [4.78, 5) is 24.5. The maximum Gasteiger partial charge on any atom is 0.305 e. The Morgan fingerprint density at radius 2 is 0.532 bits per heavy atom. The second-order valence-corrected chi connectivity index (χ2v) is 24.9. The van der Waals surface area contributed by atoms with Gasteiger partial charge in [-0.15, -0.1) is 0 Å². The van der Waals surface area contributed by atoms with Crippen LogP contribution in [0.1, 0.15) is 418 Å². The van der Waals surface area contributed by atoms with Crippen molar-refractivity contribution in [1.82, 2.24) is 5.32 Å². The normalized spacial score (nSPS) is 12.4. The molecule has 6 nitrogen and oxygen atoms in total. The number of esters is 1. The first-order valence-electron chi connectivity index (χ1n) is 35.8. The lowest BCUT2D eigenvalue weighted by Crippen LogP contribution is -2.45. The molecule has 0 aliphatic rings. The van der Waals surface area contributed by atoms with E-state index in [-0.39, 0.29) is 18.5 Å². The van der Waals surface area contributed by atoms with Gasteiger partial charge in [0.2, 0.25) is 5.91 Å². The second-order valence-electron chi connectivity index (χ2n) is 24.9. The first-order valence-corrected chi connectivity index (χ1v) is 35.8. The molecule has 0 radical (unpaired) electrons. The molecule has 0 bridgehead atoms. The zero-order valence-corrected chi connectivity index (χ0v) is 52.7. The van der Waals surface area contributed by atoms with E-state index in [1.807, 2.05) is 0 Å². The van der Waals surface area contributed by atoms with Crippen molar-refractivity contribution >= 4 is 11.9 Å². The van der Waals surface area contributed by atoms with Crippen molar-refractivity contribution in [2.45, 2.75) is 431 Å². The quantitative estimate of drug-likeness (QED) is 0.0417. The van der Waals surface area contributed by atoms with Crippen LogP contribution in [0.2, 0.25) is 0 Å². The molecule has 0 rings (SSSR count). The van der Waals surface area contributed by atoms with Crippen LogP contribution < -0.4 is 5.32 Å². The first kappa shape index (κ1) is 75.9. The Balaban J connectivity index is 3.27. The molecule has 0 fully saturated rings. The largest absolute Gasteiger partial charge is 0.466 e. The number of nitrogens with one attached hydrogen (secondary N) is 1. The minimum absolute atomic E-state index is 0.0251. The predicted molar refractivity (Wildman–Crippen MR) is 338 cm³/mol. The van der Waals surface area contributed by atoms with Gasteiger partial charge in [0, 0.05) is 12.8 Å². The van der Waals surface area contributed by atoms with Crippen molar-refractivity contribution < 1.29 is 24.5 Å². The molecule has 0 aliphatic carbocycles. The van der Waals surface area contributed by atoms with E-state index in [9.17, 15) is 19.8 Å². The van der Waals surface area contributed by atoms with E-state index in [2.05, 4.69) is 19.2 Å². The zero-order valence-electron chi connectivity index (χ0n) is 52.7. The third-order valence-corrected chi connectivity index (χ3v) is 17.2. The third-order valence-electron chi connectivity index (χ3n) is 17.2. The van der Waals surface area contributed by atoms with Crippen molar-refractivity contribution in [2.24, 2.45) is 0 Å². The molecule has 0 heterocycles. The van der Waals surface area contributed by atoms with Gasteiger partial charge in [0.15, 0.2) is 0 Å². The second kappa shape index (κ2) is 67.4. The van der Waals surface area contributed by atoms with Crippen LogP contribution in [0.25, 0.3) is 0 Å². The van der Waals surface area contributed by atoms with Crippen molar-refractivity contribution in [1.29, 1.82) is 0 Å². The van der Waals surface area contributed by atoms with Crippen molar-refractivity contribution in [3.8, 4) is 0 Å². The number of ether oxygens (including phenoxy) is 1. The number of hydrogen-bond acceptors (Lipinski definition) is 5. The van der Waals surface area contributed by atoms with Gasteiger partial charge in [0.25, 0.3) is 0 Å². The van der Waals surface area contributed by atoms with E-state index in [1.165, 1.54) is 347 Å². The Labute approximate surface area is 483 Å².